The number of nitrogens with zero attached hydrogens (tertiary/aromatic N) is 2. The van der Waals surface area contributed by atoms with Crippen molar-refractivity contribution in [3.63, 3.8) is 0 Å². The van der Waals surface area contributed by atoms with Crippen molar-refractivity contribution < 1.29 is 9.18 Å². The number of nitrogens with two attached hydrogens (primary N) is 1. The molecule has 1 aliphatic carbocycles. The summed E-state index contributed by atoms with van der Waals surface area (Å²) in [4.78, 5) is 19.5. The normalized spacial score (nSPS) is 17.1. The van der Waals surface area contributed by atoms with E-state index in [4.69, 9.17) is 5.73 Å². The zero-order chi connectivity index (χ0) is 14.0. The fourth-order valence-corrected chi connectivity index (χ4v) is 1.82. The number of hydrogen-bond donors (Lipinski definition) is 1. The van der Waals surface area contributed by atoms with E-state index in [0.717, 1.165) is 19.0 Å². The van der Waals surface area contributed by atoms with Crippen LogP contribution in [0.15, 0.2) is 34.7 Å². The molecule has 0 spiro atoms. The standard InChI is InChI=1S/C14H16FN3O/c1-8(14(16)19)13(10-3-4-10)18-9(2)11-5-12(15)7-17-6-11/h5-7,10H,3-4H2,1-2H3,(H2,16,19)/b13-8+,18-9?. The first-order valence-electron chi connectivity index (χ1n) is 6.16. The Hall–Kier alpha value is -2.04. The van der Waals surface area contributed by atoms with Crippen molar-refractivity contribution in [3.05, 3.63) is 41.1 Å². The summed E-state index contributed by atoms with van der Waals surface area (Å²) < 4.78 is 13.1. The van der Waals surface area contributed by atoms with Crippen molar-refractivity contribution >= 4 is 11.6 Å². The number of aliphatic imine (C=N–C) groups is 1. The lowest BCUT2D eigenvalue weighted by atomic mass is 10.1. The van der Waals surface area contributed by atoms with E-state index in [9.17, 15) is 9.18 Å². The zero-order valence-corrected chi connectivity index (χ0v) is 11.0. The van der Waals surface area contributed by atoms with E-state index in [1.807, 2.05) is 0 Å². The Bertz CT molecular complexity index is 574. The van der Waals surface area contributed by atoms with Crippen LogP contribution in [0.25, 0.3) is 0 Å². The zero-order valence-electron chi connectivity index (χ0n) is 11.0. The minimum atomic E-state index is -0.462. The predicted octanol–water partition coefficient (Wildman–Crippen LogP) is 2.20. The first-order chi connectivity index (χ1) is 8.99. The second kappa shape index (κ2) is 5.30. The molecule has 4 nitrogen and oxygen atoms in total. The summed E-state index contributed by atoms with van der Waals surface area (Å²) in [6, 6.07) is 1.37. The number of carbonyl (C=O) groups is 1. The van der Waals surface area contributed by atoms with Crippen LogP contribution in [0.4, 0.5) is 4.39 Å². The van der Waals surface area contributed by atoms with Gasteiger partial charge in [-0.05, 0) is 32.8 Å². The quantitative estimate of drug-likeness (QED) is 0.666. The van der Waals surface area contributed by atoms with Crippen LogP contribution in [-0.4, -0.2) is 16.6 Å². The van der Waals surface area contributed by atoms with Crippen molar-refractivity contribution in [2.24, 2.45) is 16.6 Å². The molecule has 19 heavy (non-hydrogen) atoms. The van der Waals surface area contributed by atoms with Crippen LogP contribution in [-0.2, 0) is 4.79 Å². The number of rotatable bonds is 4. The molecule has 0 radical (unpaired) electrons. The van der Waals surface area contributed by atoms with Gasteiger partial charge in [-0.1, -0.05) is 0 Å². The largest absolute Gasteiger partial charge is 0.366 e. The molecule has 0 aliphatic heterocycles. The molecule has 1 amide bonds. The number of carbonyl (C=O) groups excluding carboxylic acids is 1. The number of primary amides is 1. The van der Waals surface area contributed by atoms with Gasteiger partial charge in [0.2, 0.25) is 5.91 Å². The van der Waals surface area contributed by atoms with Crippen molar-refractivity contribution in [1.82, 2.24) is 4.98 Å². The van der Waals surface area contributed by atoms with Crippen LogP contribution in [0.2, 0.25) is 0 Å². The summed E-state index contributed by atoms with van der Waals surface area (Å²) in [6.07, 6.45) is 4.71. The topological polar surface area (TPSA) is 68.3 Å². The molecule has 0 aromatic carbocycles. The third kappa shape index (κ3) is 3.24. The van der Waals surface area contributed by atoms with E-state index in [2.05, 4.69) is 9.98 Å². The monoisotopic (exact) mass is 261 g/mol. The SMILES string of the molecule is CC(=N/C(=C(\C)C(N)=O)C1CC1)c1cncc(F)c1. The number of pyridine rings is 1. The maximum absolute atomic E-state index is 13.1. The lowest BCUT2D eigenvalue weighted by Gasteiger charge is -2.06. The third-order valence-electron chi connectivity index (χ3n) is 3.13. The lowest BCUT2D eigenvalue weighted by molar-refractivity contribution is -0.114. The molecule has 1 aromatic heterocycles. The molecule has 1 fully saturated rings. The van der Waals surface area contributed by atoms with Gasteiger partial charge in [0.05, 0.1) is 11.9 Å². The molecule has 1 aromatic rings. The highest BCUT2D eigenvalue weighted by molar-refractivity contribution is 6.00. The summed E-state index contributed by atoms with van der Waals surface area (Å²) in [6.45, 7) is 3.45. The highest BCUT2D eigenvalue weighted by Crippen LogP contribution is 2.39. The van der Waals surface area contributed by atoms with Crippen LogP contribution < -0.4 is 5.73 Å². The minimum Gasteiger partial charge on any atom is -0.366 e. The number of halogens is 1. The molecule has 0 bridgehead atoms. The molecule has 1 saturated carbocycles. The Morgan fingerprint density at radius 2 is 2.11 bits per heavy atom. The summed E-state index contributed by atoms with van der Waals surface area (Å²) in [5, 5.41) is 0. The summed E-state index contributed by atoms with van der Waals surface area (Å²) in [7, 11) is 0. The van der Waals surface area contributed by atoms with Crippen LogP contribution in [0.5, 0.6) is 0 Å². The van der Waals surface area contributed by atoms with Crippen molar-refractivity contribution in [2.75, 3.05) is 0 Å². The molecule has 1 aliphatic rings. The number of hydrogen-bond acceptors (Lipinski definition) is 3. The number of aromatic nitrogens is 1. The fraction of sp³-hybridized carbons (Fsp3) is 0.357. The molecule has 100 valence electrons. The Morgan fingerprint density at radius 3 is 2.63 bits per heavy atom. The molecule has 1 heterocycles. The van der Waals surface area contributed by atoms with Gasteiger partial charge >= 0.3 is 0 Å². The van der Waals surface area contributed by atoms with E-state index >= 15 is 0 Å². The van der Waals surface area contributed by atoms with Crippen molar-refractivity contribution in [3.8, 4) is 0 Å². The summed E-state index contributed by atoms with van der Waals surface area (Å²) in [5.74, 6) is -0.574. The van der Waals surface area contributed by atoms with Crippen LogP contribution in [0.3, 0.4) is 0 Å². The van der Waals surface area contributed by atoms with Crippen molar-refractivity contribution in [2.45, 2.75) is 26.7 Å². The average Bonchev–Trinajstić information content (AvgIpc) is 3.19. The van der Waals surface area contributed by atoms with Crippen molar-refractivity contribution in [1.29, 1.82) is 0 Å². The first-order valence-corrected chi connectivity index (χ1v) is 6.16. The van der Waals surface area contributed by atoms with E-state index in [1.165, 1.54) is 6.07 Å². The molecule has 0 unspecified atom stereocenters. The maximum Gasteiger partial charge on any atom is 0.246 e. The van der Waals surface area contributed by atoms with Gasteiger partial charge in [0.15, 0.2) is 0 Å². The second-order valence-corrected chi connectivity index (χ2v) is 4.74. The highest BCUT2D eigenvalue weighted by atomic mass is 19.1. The Morgan fingerprint density at radius 1 is 1.42 bits per heavy atom. The lowest BCUT2D eigenvalue weighted by Crippen LogP contribution is -2.14. The molecule has 2 N–H and O–H groups in total. The Kier molecular flexibility index (Phi) is 3.74. The van der Waals surface area contributed by atoms with Crippen LogP contribution >= 0.6 is 0 Å². The van der Waals surface area contributed by atoms with E-state index in [0.29, 0.717) is 28.5 Å². The predicted molar refractivity (Wildman–Crippen MR) is 71.0 cm³/mol. The van der Waals surface area contributed by atoms with Crippen LogP contribution in [0.1, 0.15) is 32.3 Å². The average molecular weight is 261 g/mol. The van der Waals surface area contributed by atoms with E-state index < -0.39 is 11.7 Å². The van der Waals surface area contributed by atoms with Gasteiger partial charge in [0, 0.05) is 29.0 Å². The Balaban J connectivity index is 2.37. The summed E-state index contributed by atoms with van der Waals surface area (Å²) in [5.41, 5.74) is 7.74. The smallest absolute Gasteiger partial charge is 0.246 e. The van der Waals surface area contributed by atoms with E-state index in [-0.39, 0.29) is 0 Å². The van der Waals surface area contributed by atoms with Gasteiger partial charge < -0.3 is 5.73 Å². The molecule has 0 atom stereocenters. The second-order valence-electron chi connectivity index (χ2n) is 4.74. The third-order valence-corrected chi connectivity index (χ3v) is 3.13. The van der Waals surface area contributed by atoms with Gasteiger partial charge in [0.1, 0.15) is 5.82 Å². The molecular weight excluding hydrogens is 245 g/mol. The van der Waals surface area contributed by atoms with Gasteiger partial charge in [-0.3, -0.25) is 14.8 Å². The highest BCUT2D eigenvalue weighted by Gasteiger charge is 2.29. The molecular formula is C14H16FN3O. The molecule has 2 rings (SSSR count). The first kappa shape index (κ1) is 13.4. The molecule has 5 heteroatoms. The van der Waals surface area contributed by atoms with Gasteiger partial charge in [0.25, 0.3) is 0 Å². The fourth-order valence-electron chi connectivity index (χ4n) is 1.82. The van der Waals surface area contributed by atoms with E-state index in [1.54, 1.807) is 20.0 Å². The van der Waals surface area contributed by atoms with Gasteiger partial charge in [-0.15, -0.1) is 0 Å². The van der Waals surface area contributed by atoms with Crippen LogP contribution in [0, 0.1) is 11.7 Å². The molecule has 0 saturated heterocycles. The van der Waals surface area contributed by atoms with Gasteiger partial charge in [-0.25, -0.2) is 4.39 Å². The van der Waals surface area contributed by atoms with Gasteiger partial charge in [-0.2, -0.15) is 0 Å². The Labute approximate surface area is 111 Å². The minimum absolute atomic E-state index is 0.295. The maximum atomic E-state index is 13.1. The number of amides is 1. The summed E-state index contributed by atoms with van der Waals surface area (Å²) >= 11 is 0. The number of allylic oxidation sites excluding steroid dienone is 1.